The lowest BCUT2D eigenvalue weighted by Gasteiger charge is -2.21. The van der Waals surface area contributed by atoms with Crippen LogP contribution < -0.4 is 0 Å². The largest absolute Gasteiger partial charge is 0.472 e. The van der Waals surface area contributed by atoms with E-state index >= 15 is 0 Å². The van der Waals surface area contributed by atoms with Gasteiger partial charge in [-0.1, -0.05) is 369 Å². The van der Waals surface area contributed by atoms with Crippen LogP contribution in [0.5, 0.6) is 0 Å². The van der Waals surface area contributed by atoms with Crippen molar-refractivity contribution in [2.75, 3.05) is 39.6 Å². The van der Waals surface area contributed by atoms with Crippen LogP contribution in [0.25, 0.3) is 0 Å². The van der Waals surface area contributed by atoms with Gasteiger partial charge in [-0.05, 0) is 31.6 Å². The maximum absolute atomic E-state index is 13.1. The second-order valence-corrected chi connectivity index (χ2v) is 31.8. The maximum Gasteiger partial charge on any atom is 0.472 e. The Morgan fingerprint density at radius 1 is 0.276 bits per heavy atom. The Kier molecular flexibility index (Phi) is 70.6. The molecule has 0 fully saturated rings. The number of ether oxygens (including phenoxy) is 4. The smallest absolute Gasteiger partial charge is 0.462 e. The van der Waals surface area contributed by atoms with Crippen molar-refractivity contribution < 1.29 is 80.2 Å². The first-order chi connectivity index (χ1) is 47.5. The molecule has 3 N–H and O–H groups in total. The van der Waals surface area contributed by atoms with E-state index < -0.39 is 97.5 Å². The molecule has 0 spiro atoms. The van der Waals surface area contributed by atoms with E-state index in [9.17, 15) is 43.2 Å². The highest BCUT2D eigenvalue weighted by molar-refractivity contribution is 7.47. The van der Waals surface area contributed by atoms with Gasteiger partial charge in [0.05, 0.1) is 26.4 Å². The Bertz CT molecular complexity index is 1870. The number of carbonyl (C=O) groups excluding carboxylic acids is 4. The van der Waals surface area contributed by atoms with Crippen LogP contribution >= 0.6 is 15.6 Å². The molecule has 19 heteroatoms. The molecule has 5 atom stereocenters. The Morgan fingerprint density at radius 2 is 0.469 bits per heavy atom. The lowest BCUT2D eigenvalue weighted by atomic mass is 10.0. The zero-order valence-electron chi connectivity index (χ0n) is 63.9. The van der Waals surface area contributed by atoms with E-state index in [0.717, 1.165) is 96.3 Å². The molecule has 0 saturated carbocycles. The molecule has 98 heavy (non-hydrogen) atoms. The van der Waals surface area contributed by atoms with Gasteiger partial charge in [0.25, 0.3) is 0 Å². The normalized spacial score (nSPS) is 13.9. The highest BCUT2D eigenvalue weighted by Crippen LogP contribution is 2.45. The summed E-state index contributed by atoms with van der Waals surface area (Å²) < 4.78 is 68.7. The molecule has 17 nitrogen and oxygen atoms in total. The average molecular weight is 1440 g/mol. The Hall–Kier alpha value is -1.94. The Labute approximate surface area is 600 Å². The van der Waals surface area contributed by atoms with Gasteiger partial charge in [0.2, 0.25) is 0 Å². The fourth-order valence-corrected chi connectivity index (χ4v) is 13.8. The zero-order valence-corrected chi connectivity index (χ0v) is 65.7. The van der Waals surface area contributed by atoms with Gasteiger partial charge in [0.1, 0.15) is 19.3 Å². The summed E-state index contributed by atoms with van der Waals surface area (Å²) in [5.41, 5.74) is 0. The molecule has 0 aliphatic carbocycles. The van der Waals surface area contributed by atoms with Gasteiger partial charge in [-0.25, -0.2) is 9.13 Å². The van der Waals surface area contributed by atoms with Gasteiger partial charge in [0.15, 0.2) is 12.2 Å². The minimum atomic E-state index is -4.96. The van der Waals surface area contributed by atoms with Crippen LogP contribution in [0.4, 0.5) is 0 Å². The molecule has 0 aliphatic rings. The predicted octanol–water partition coefficient (Wildman–Crippen LogP) is 23.6. The molecule has 0 amide bonds. The molecule has 0 rings (SSSR count). The minimum Gasteiger partial charge on any atom is -0.462 e. The third-order valence-corrected chi connectivity index (χ3v) is 20.4. The summed E-state index contributed by atoms with van der Waals surface area (Å²) >= 11 is 0. The molecule has 0 aromatic heterocycles. The van der Waals surface area contributed by atoms with E-state index in [1.807, 2.05) is 0 Å². The first-order valence-corrected chi connectivity index (χ1v) is 44.1. The molecule has 582 valence electrons. The Balaban J connectivity index is 5.24. The SMILES string of the molecule is CCCCCCCCCCCCCCCCCCCCC(=O)O[C@H](COC(=O)CCCCCCCCCCCCCCCCC)COP(=O)(O)OC[C@@H](O)COP(=O)(O)OC[C@@H](COC(=O)CCCCCCCCCC(C)C)OC(=O)CCCCCCCCCCCCCCCCC. The number of hydrogen-bond acceptors (Lipinski definition) is 15. The monoisotopic (exact) mass is 1440 g/mol. The molecule has 0 heterocycles. The van der Waals surface area contributed by atoms with E-state index in [-0.39, 0.29) is 25.7 Å². The summed E-state index contributed by atoms with van der Waals surface area (Å²) in [6, 6.07) is 0. The molecule has 0 aromatic rings. The molecule has 0 aliphatic heterocycles. The summed E-state index contributed by atoms with van der Waals surface area (Å²) in [7, 11) is -9.92. The highest BCUT2D eigenvalue weighted by Gasteiger charge is 2.30. The van der Waals surface area contributed by atoms with Crippen molar-refractivity contribution in [3.8, 4) is 0 Å². The van der Waals surface area contributed by atoms with Gasteiger partial charge < -0.3 is 33.8 Å². The van der Waals surface area contributed by atoms with Crippen molar-refractivity contribution in [1.29, 1.82) is 0 Å². The van der Waals surface area contributed by atoms with Crippen LogP contribution in [0.1, 0.15) is 420 Å². The number of hydrogen-bond donors (Lipinski definition) is 3. The topological polar surface area (TPSA) is 237 Å². The zero-order chi connectivity index (χ0) is 71.9. The van der Waals surface area contributed by atoms with Gasteiger partial charge in [0, 0.05) is 25.7 Å². The molecular formula is C79H154O17P2. The number of aliphatic hydroxyl groups excluding tert-OH is 1. The summed E-state index contributed by atoms with van der Waals surface area (Å²) in [5.74, 6) is -1.40. The highest BCUT2D eigenvalue weighted by atomic mass is 31.2. The van der Waals surface area contributed by atoms with E-state index in [1.165, 1.54) is 238 Å². The second-order valence-electron chi connectivity index (χ2n) is 28.9. The first kappa shape index (κ1) is 96.1. The van der Waals surface area contributed by atoms with Crippen LogP contribution in [0, 0.1) is 5.92 Å². The second kappa shape index (κ2) is 72.0. The Morgan fingerprint density at radius 3 is 0.694 bits per heavy atom. The predicted molar refractivity (Wildman–Crippen MR) is 400 cm³/mol. The maximum atomic E-state index is 13.1. The minimum absolute atomic E-state index is 0.108. The molecule has 0 bridgehead atoms. The number of phosphoric ester groups is 2. The van der Waals surface area contributed by atoms with Gasteiger partial charge in [-0.15, -0.1) is 0 Å². The molecule has 0 saturated heterocycles. The standard InChI is InChI=1S/C79H154O17P2/c1-6-9-12-15-18-21-24-27-30-31-32-35-38-41-44-49-55-60-65-78(83)95-74(68-89-76(81)62-57-52-47-42-39-36-33-28-25-22-19-16-13-10-7-2)70-93-97(85,86)91-66-73(80)67-92-98(87,88)94-71-75(69-90-77(82)63-58-53-50-45-46-51-56-61-72(4)5)96-79(84)64-59-54-48-43-40-37-34-29-26-23-20-17-14-11-8-3/h72-75,80H,6-71H2,1-5H3,(H,85,86)(H,87,88)/t73-,74-,75-/m1/s1. The number of rotatable bonds is 79. The summed E-state index contributed by atoms with van der Waals surface area (Å²) in [4.78, 5) is 72.9. The van der Waals surface area contributed by atoms with Crippen LogP contribution in [0.15, 0.2) is 0 Å². The van der Waals surface area contributed by atoms with Crippen LogP contribution in [-0.4, -0.2) is 96.7 Å². The lowest BCUT2D eigenvalue weighted by molar-refractivity contribution is -0.161. The van der Waals surface area contributed by atoms with Crippen LogP contribution in [0.3, 0.4) is 0 Å². The van der Waals surface area contributed by atoms with Crippen molar-refractivity contribution in [1.82, 2.24) is 0 Å². The van der Waals surface area contributed by atoms with E-state index in [2.05, 4.69) is 34.6 Å². The van der Waals surface area contributed by atoms with E-state index in [1.54, 1.807) is 0 Å². The lowest BCUT2D eigenvalue weighted by Crippen LogP contribution is -2.30. The number of carbonyl (C=O) groups is 4. The van der Waals surface area contributed by atoms with E-state index in [0.29, 0.717) is 31.6 Å². The van der Waals surface area contributed by atoms with Crippen molar-refractivity contribution in [2.45, 2.75) is 438 Å². The average Bonchev–Trinajstić information content (AvgIpc) is 1.48. The number of aliphatic hydroxyl groups is 1. The van der Waals surface area contributed by atoms with Crippen molar-refractivity contribution >= 4 is 39.5 Å². The summed E-state index contributed by atoms with van der Waals surface area (Å²) in [6.45, 7) is 7.27. The molecule has 2 unspecified atom stereocenters. The quantitative estimate of drug-likeness (QED) is 0.0222. The first-order valence-electron chi connectivity index (χ1n) is 41.1. The third kappa shape index (κ3) is 72.4. The van der Waals surface area contributed by atoms with Crippen LogP contribution in [-0.2, 0) is 65.4 Å². The van der Waals surface area contributed by atoms with Crippen molar-refractivity contribution in [3.05, 3.63) is 0 Å². The summed E-state index contributed by atoms with van der Waals surface area (Å²) in [6.07, 6.45) is 62.4. The van der Waals surface area contributed by atoms with Crippen LogP contribution in [0.2, 0.25) is 0 Å². The third-order valence-electron chi connectivity index (χ3n) is 18.5. The molecule has 0 aromatic carbocycles. The molecular weight excluding hydrogens is 1280 g/mol. The number of phosphoric acid groups is 2. The number of esters is 4. The van der Waals surface area contributed by atoms with Gasteiger partial charge in [-0.2, -0.15) is 0 Å². The fourth-order valence-electron chi connectivity index (χ4n) is 12.2. The summed E-state index contributed by atoms with van der Waals surface area (Å²) in [5, 5.41) is 10.6. The van der Waals surface area contributed by atoms with Crippen molar-refractivity contribution in [3.63, 3.8) is 0 Å². The fraction of sp³-hybridized carbons (Fsp3) is 0.949. The van der Waals surface area contributed by atoms with E-state index in [4.69, 9.17) is 37.0 Å². The number of unbranched alkanes of at least 4 members (excludes halogenated alkanes) is 51. The van der Waals surface area contributed by atoms with Gasteiger partial charge in [-0.3, -0.25) is 37.3 Å². The van der Waals surface area contributed by atoms with Crippen molar-refractivity contribution in [2.24, 2.45) is 5.92 Å². The van der Waals surface area contributed by atoms with Gasteiger partial charge >= 0.3 is 39.5 Å². The molecule has 0 radical (unpaired) electrons.